The van der Waals surface area contributed by atoms with Crippen LogP contribution in [0.2, 0.25) is 0 Å². The van der Waals surface area contributed by atoms with E-state index in [4.69, 9.17) is 5.11 Å². The van der Waals surface area contributed by atoms with Crippen LogP contribution in [0.5, 0.6) is 0 Å². The summed E-state index contributed by atoms with van der Waals surface area (Å²) >= 11 is 0.347. The van der Waals surface area contributed by atoms with Gasteiger partial charge in [0.15, 0.2) is 0 Å². The Kier molecular flexibility index (Phi) is 6.96. The Bertz CT molecular complexity index is 1310. The number of sulfonamides is 1. The molecule has 1 unspecified atom stereocenters. The fourth-order valence-corrected chi connectivity index (χ4v) is 5.81. The van der Waals surface area contributed by atoms with Crippen molar-refractivity contribution in [2.45, 2.75) is 22.5 Å². The molecule has 0 spiro atoms. The molecular formula is C17H13F6N3O6S2. The van der Waals surface area contributed by atoms with Crippen molar-refractivity contribution < 1.29 is 54.8 Å². The van der Waals surface area contributed by atoms with E-state index in [0.29, 0.717) is 11.3 Å². The quantitative estimate of drug-likeness (QED) is 0.300. The molecule has 0 aliphatic carbocycles. The lowest BCUT2D eigenvalue weighted by Gasteiger charge is -2.28. The molecule has 0 saturated heterocycles. The highest BCUT2D eigenvalue weighted by molar-refractivity contribution is 7.91. The average molecular weight is 533 g/mol. The van der Waals surface area contributed by atoms with Crippen LogP contribution in [0.15, 0.2) is 34.7 Å². The maximum Gasteiger partial charge on any atom is 0.435 e. The van der Waals surface area contributed by atoms with Gasteiger partial charge in [-0.15, -0.1) is 15.6 Å². The third-order valence-electron chi connectivity index (χ3n) is 4.44. The van der Waals surface area contributed by atoms with Crippen LogP contribution < -0.4 is 0 Å². The number of nitrogens with zero attached hydrogens (tertiary/aromatic N) is 2. The molecule has 0 amide bonds. The zero-order valence-corrected chi connectivity index (χ0v) is 18.0. The van der Waals surface area contributed by atoms with Crippen molar-refractivity contribution in [1.29, 1.82) is 0 Å². The number of nitrogens with one attached hydrogen (secondary N) is 1. The summed E-state index contributed by atoms with van der Waals surface area (Å²) in [5, 5.41) is 18.4. The third kappa shape index (κ3) is 4.74. The molecule has 0 aromatic carbocycles. The number of thiophene rings is 1. The molecule has 3 aromatic rings. The molecule has 0 saturated carbocycles. The Morgan fingerprint density at radius 1 is 1.24 bits per heavy atom. The minimum Gasteiger partial charge on any atom is -0.394 e. The van der Waals surface area contributed by atoms with Crippen LogP contribution >= 0.6 is 11.3 Å². The zero-order valence-electron chi connectivity index (χ0n) is 16.4. The van der Waals surface area contributed by atoms with E-state index in [1.807, 2.05) is 0 Å². The number of aromatic nitrogens is 2. The number of halogens is 6. The summed E-state index contributed by atoms with van der Waals surface area (Å²) in [6, 6.07) is -1.17. The van der Waals surface area contributed by atoms with Gasteiger partial charge in [0.25, 0.3) is 10.0 Å². The van der Waals surface area contributed by atoms with Crippen LogP contribution in [-0.2, 0) is 25.9 Å². The van der Waals surface area contributed by atoms with E-state index in [9.17, 15) is 44.8 Å². The van der Waals surface area contributed by atoms with Crippen molar-refractivity contribution in [2.75, 3.05) is 13.2 Å². The minimum atomic E-state index is -5.32. The number of aromatic amines is 1. The summed E-state index contributed by atoms with van der Waals surface area (Å²) in [6.07, 6.45) is -5.67. The SMILES string of the molecule is O=C(OF)C(F)(F)N(CC(O)CO)S(=O)(=O)c1ccc(-c2ccnc3[nH]c(C(F)(F)F)cc23)s1. The van der Waals surface area contributed by atoms with Gasteiger partial charge in [0, 0.05) is 33.1 Å². The molecule has 0 aliphatic heterocycles. The molecule has 3 rings (SSSR count). The smallest absolute Gasteiger partial charge is 0.394 e. The summed E-state index contributed by atoms with van der Waals surface area (Å²) in [5.41, 5.74) is -1.21. The number of alkyl halides is 5. The monoisotopic (exact) mass is 533 g/mol. The van der Waals surface area contributed by atoms with Crippen molar-refractivity contribution in [3.8, 4) is 10.4 Å². The highest BCUT2D eigenvalue weighted by Gasteiger charge is 2.55. The largest absolute Gasteiger partial charge is 0.435 e. The van der Waals surface area contributed by atoms with Gasteiger partial charge in [-0.3, -0.25) is 0 Å². The van der Waals surface area contributed by atoms with Crippen LogP contribution in [0.25, 0.3) is 21.5 Å². The van der Waals surface area contributed by atoms with E-state index >= 15 is 0 Å². The van der Waals surface area contributed by atoms with Gasteiger partial charge in [-0.1, -0.05) is 0 Å². The third-order valence-corrected chi connectivity index (χ3v) is 7.84. The van der Waals surface area contributed by atoms with Crippen LogP contribution in [0, 0.1) is 0 Å². The van der Waals surface area contributed by atoms with Crippen LogP contribution in [0.4, 0.5) is 26.5 Å². The van der Waals surface area contributed by atoms with Gasteiger partial charge >= 0.3 is 18.2 Å². The molecule has 0 radical (unpaired) electrons. The molecule has 3 aromatic heterocycles. The van der Waals surface area contributed by atoms with Crippen LogP contribution in [0.3, 0.4) is 0 Å². The first-order chi connectivity index (χ1) is 15.7. The molecule has 186 valence electrons. The molecule has 0 bridgehead atoms. The van der Waals surface area contributed by atoms with E-state index in [-0.39, 0.29) is 21.5 Å². The molecule has 17 heteroatoms. The highest BCUT2D eigenvalue weighted by Crippen LogP contribution is 2.39. The lowest BCUT2D eigenvalue weighted by molar-refractivity contribution is -0.228. The zero-order chi connectivity index (χ0) is 25.5. The van der Waals surface area contributed by atoms with E-state index in [1.165, 1.54) is 6.07 Å². The second-order valence-corrected chi connectivity index (χ2v) is 9.87. The molecule has 3 heterocycles. The van der Waals surface area contributed by atoms with Crippen molar-refractivity contribution in [3.63, 3.8) is 0 Å². The molecule has 0 fully saturated rings. The maximum absolute atomic E-state index is 14.3. The van der Waals surface area contributed by atoms with Gasteiger partial charge in [-0.2, -0.15) is 22.0 Å². The predicted molar refractivity (Wildman–Crippen MR) is 104 cm³/mol. The number of pyridine rings is 1. The number of hydrogen-bond acceptors (Lipinski definition) is 8. The molecule has 9 nitrogen and oxygen atoms in total. The summed E-state index contributed by atoms with van der Waals surface area (Å²) in [6.45, 7) is -2.69. The van der Waals surface area contributed by atoms with Gasteiger partial charge in [0.2, 0.25) is 0 Å². The van der Waals surface area contributed by atoms with Gasteiger partial charge in [0.05, 0.1) is 12.7 Å². The number of aliphatic hydroxyl groups is 2. The van der Waals surface area contributed by atoms with Crippen molar-refractivity contribution >= 4 is 38.4 Å². The van der Waals surface area contributed by atoms with Crippen LogP contribution in [0.1, 0.15) is 5.69 Å². The highest BCUT2D eigenvalue weighted by atomic mass is 32.2. The number of carbonyl (C=O) groups is 1. The summed E-state index contributed by atoms with van der Waals surface area (Å²) in [4.78, 5) is 19.5. The molecule has 3 N–H and O–H groups in total. The van der Waals surface area contributed by atoms with Gasteiger partial charge in [0.1, 0.15) is 15.6 Å². The second-order valence-electron chi connectivity index (χ2n) is 6.70. The second kappa shape index (κ2) is 9.14. The van der Waals surface area contributed by atoms with Crippen molar-refractivity contribution in [2.24, 2.45) is 0 Å². The average Bonchev–Trinajstić information content (AvgIpc) is 3.43. The number of H-pyrrole nitrogens is 1. The number of rotatable bonds is 8. The first-order valence-corrected chi connectivity index (χ1v) is 11.2. The van der Waals surface area contributed by atoms with E-state index < -0.39 is 61.7 Å². The first kappa shape index (κ1) is 25.9. The Morgan fingerprint density at radius 3 is 2.50 bits per heavy atom. The normalized spacial score (nSPS) is 14.0. The van der Waals surface area contributed by atoms with Gasteiger partial charge < -0.3 is 15.2 Å². The maximum atomic E-state index is 14.3. The van der Waals surface area contributed by atoms with E-state index in [1.54, 1.807) is 0 Å². The summed E-state index contributed by atoms with van der Waals surface area (Å²) in [7, 11) is -5.32. The lowest BCUT2D eigenvalue weighted by Crippen LogP contribution is -2.54. The lowest BCUT2D eigenvalue weighted by atomic mass is 10.1. The Hall–Kier alpha value is -2.73. The standard InChI is InChI=1S/C17H13F6N3O6S2/c18-16(19,20)12-5-10-9(3-4-24-14(10)25-12)11-1-2-13(33-11)34(30,31)26(6-8(28)7-27)17(21,22)15(29)32-23/h1-5,8,27-28H,6-7H2,(H,24,25). The Balaban J connectivity index is 2.09. The molecule has 34 heavy (non-hydrogen) atoms. The fourth-order valence-electron chi connectivity index (χ4n) is 2.87. The molecule has 0 aliphatic rings. The van der Waals surface area contributed by atoms with Crippen molar-refractivity contribution in [3.05, 3.63) is 36.2 Å². The topological polar surface area (TPSA) is 133 Å². The minimum absolute atomic E-state index is 0.0257. The van der Waals surface area contributed by atoms with Crippen molar-refractivity contribution in [1.82, 2.24) is 14.3 Å². The Labute approximate surface area is 190 Å². The first-order valence-electron chi connectivity index (χ1n) is 8.91. The van der Waals surface area contributed by atoms with Gasteiger partial charge in [-0.05, 0) is 24.3 Å². The number of fused-ring (bicyclic) bond motifs is 1. The summed E-state index contributed by atoms with van der Waals surface area (Å²) < 4.78 is 104. The predicted octanol–water partition coefficient (Wildman–Crippen LogP) is 2.67. The summed E-state index contributed by atoms with van der Waals surface area (Å²) in [5.74, 6) is -2.89. The molecule has 1 atom stereocenters. The van der Waals surface area contributed by atoms with E-state index in [0.717, 1.165) is 24.4 Å². The number of carbonyl (C=O) groups excluding carboxylic acids is 1. The fraction of sp³-hybridized carbons (Fsp3) is 0.294. The van der Waals surface area contributed by atoms with E-state index in [2.05, 4.69) is 14.9 Å². The Morgan fingerprint density at radius 2 is 1.91 bits per heavy atom. The number of hydrogen-bond donors (Lipinski definition) is 3. The van der Waals surface area contributed by atoms with Crippen LogP contribution in [-0.4, -0.2) is 64.2 Å². The van der Waals surface area contributed by atoms with Gasteiger partial charge in [-0.25, -0.2) is 23.1 Å². The molecular weight excluding hydrogens is 520 g/mol. The number of aliphatic hydroxyl groups excluding tert-OH is 2.